The Kier molecular flexibility index (Phi) is 3.68. The molecule has 1 saturated heterocycles. The van der Waals surface area contributed by atoms with Crippen LogP contribution in [0.25, 0.3) is 0 Å². The Balaban J connectivity index is 1.53. The Labute approximate surface area is 113 Å². The van der Waals surface area contributed by atoms with Gasteiger partial charge in [0.15, 0.2) is 0 Å². The first kappa shape index (κ1) is 12.6. The van der Waals surface area contributed by atoms with E-state index in [-0.39, 0.29) is 5.60 Å². The molecule has 0 N–H and O–H groups in total. The second kappa shape index (κ2) is 5.27. The molecule has 3 rings (SSSR count). The molecule has 2 heterocycles. The molecule has 100 valence electrons. The molecule has 0 atom stereocenters. The van der Waals surface area contributed by atoms with Crippen LogP contribution in [0.1, 0.15) is 36.4 Å². The van der Waals surface area contributed by atoms with E-state index < -0.39 is 0 Å². The van der Waals surface area contributed by atoms with Crippen LogP contribution < -0.4 is 0 Å². The molecular weight excluding hydrogens is 244 g/mol. The third kappa shape index (κ3) is 2.76. The van der Waals surface area contributed by atoms with E-state index in [1.54, 1.807) is 11.3 Å². The highest BCUT2D eigenvalue weighted by molar-refractivity contribution is 7.09. The molecule has 1 saturated carbocycles. The fourth-order valence-corrected chi connectivity index (χ4v) is 3.88. The van der Waals surface area contributed by atoms with E-state index in [0.717, 1.165) is 32.7 Å². The van der Waals surface area contributed by atoms with Crippen molar-refractivity contribution in [3.05, 3.63) is 16.1 Å². The number of hydrogen-bond donors (Lipinski definition) is 0. The maximum Gasteiger partial charge on any atom is 0.0897 e. The standard InChI is InChI=1S/C14H22N2OS/c1-12-15-13(10-18-12)4-7-16-8-9-17-14(11-16)5-2-3-6-14/h10H,2-9,11H2,1H3. The molecule has 1 aliphatic heterocycles. The second-order valence-corrected chi connectivity index (χ2v) is 6.68. The SMILES string of the molecule is Cc1nc(CCN2CCOC3(CCCC3)C2)cs1. The van der Waals surface area contributed by atoms with Crippen LogP contribution in [-0.4, -0.2) is 41.7 Å². The summed E-state index contributed by atoms with van der Waals surface area (Å²) >= 11 is 1.76. The maximum atomic E-state index is 6.06. The van der Waals surface area contributed by atoms with Crippen LogP contribution in [0, 0.1) is 6.92 Å². The van der Waals surface area contributed by atoms with Crippen molar-refractivity contribution in [2.75, 3.05) is 26.2 Å². The van der Waals surface area contributed by atoms with Gasteiger partial charge in [0.2, 0.25) is 0 Å². The first-order chi connectivity index (χ1) is 8.76. The fraction of sp³-hybridized carbons (Fsp3) is 0.786. The van der Waals surface area contributed by atoms with Crippen LogP contribution in [-0.2, 0) is 11.2 Å². The summed E-state index contributed by atoms with van der Waals surface area (Å²) in [6.07, 6.45) is 6.30. The maximum absolute atomic E-state index is 6.06. The van der Waals surface area contributed by atoms with Crippen molar-refractivity contribution >= 4 is 11.3 Å². The van der Waals surface area contributed by atoms with E-state index in [1.807, 2.05) is 0 Å². The van der Waals surface area contributed by atoms with Crippen molar-refractivity contribution < 1.29 is 4.74 Å². The molecule has 1 aliphatic carbocycles. The zero-order chi connectivity index (χ0) is 12.4. The number of aryl methyl sites for hydroxylation is 1. The largest absolute Gasteiger partial charge is 0.372 e. The van der Waals surface area contributed by atoms with Crippen molar-refractivity contribution in [2.24, 2.45) is 0 Å². The molecule has 0 amide bonds. The number of aromatic nitrogens is 1. The van der Waals surface area contributed by atoms with Gasteiger partial charge in [-0.3, -0.25) is 4.90 Å². The van der Waals surface area contributed by atoms with Crippen molar-refractivity contribution in [1.29, 1.82) is 0 Å². The predicted octanol–water partition coefficient (Wildman–Crippen LogP) is 2.64. The van der Waals surface area contributed by atoms with Crippen molar-refractivity contribution in [1.82, 2.24) is 9.88 Å². The summed E-state index contributed by atoms with van der Waals surface area (Å²) in [7, 11) is 0. The van der Waals surface area contributed by atoms with Crippen molar-refractivity contribution in [2.45, 2.75) is 44.6 Å². The Morgan fingerprint density at radius 2 is 2.28 bits per heavy atom. The van der Waals surface area contributed by atoms with Gasteiger partial charge < -0.3 is 4.74 Å². The Bertz CT molecular complexity index is 398. The highest BCUT2D eigenvalue weighted by Gasteiger charge is 2.38. The van der Waals surface area contributed by atoms with E-state index in [9.17, 15) is 0 Å². The Morgan fingerprint density at radius 3 is 3.00 bits per heavy atom. The van der Waals surface area contributed by atoms with Crippen LogP contribution in [0.5, 0.6) is 0 Å². The third-order valence-electron chi connectivity index (χ3n) is 4.19. The van der Waals surface area contributed by atoms with Crippen molar-refractivity contribution in [3.63, 3.8) is 0 Å². The second-order valence-electron chi connectivity index (χ2n) is 5.62. The van der Waals surface area contributed by atoms with Crippen LogP contribution in [0.15, 0.2) is 5.38 Å². The summed E-state index contributed by atoms with van der Waals surface area (Å²) < 4.78 is 6.06. The number of hydrogen-bond acceptors (Lipinski definition) is 4. The molecule has 1 aromatic heterocycles. The molecule has 18 heavy (non-hydrogen) atoms. The average Bonchev–Trinajstić information content (AvgIpc) is 2.97. The van der Waals surface area contributed by atoms with Gasteiger partial charge in [-0.2, -0.15) is 0 Å². The highest BCUT2D eigenvalue weighted by atomic mass is 32.1. The van der Waals surface area contributed by atoms with Gasteiger partial charge in [-0.05, 0) is 19.8 Å². The Morgan fingerprint density at radius 1 is 1.44 bits per heavy atom. The minimum atomic E-state index is 0.205. The molecule has 0 bridgehead atoms. The lowest BCUT2D eigenvalue weighted by molar-refractivity contribution is -0.104. The number of ether oxygens (including phenoxy) is 1. The molecule has 3 nitrogen and oxygen atoms in total. The topological polar surface area (TPSA) is 25.4 Å². The first-order valence-corrected chi connectivity index (χ1v) is 7.91. The van der Waals surface area contributed by atoms with E-state index >= 15 is 0 Å². The van der Waals surface area contributed by atoms with Crippen LogP contribution >= 0.6 is 11.3 Å². The van der Waals surface area contributed by atoms with E-state index in [0.29, 0.717) is 0 Å². The molecule has 2 aliphatic rings. The molecule has 1 aromatic rings. The zero-order valence-electron chi connectivity index (χ0n) is 11.2. The number of thiazole rings is 1. The number of rotatable bonds is 3. The minimum Gasteiger partial charge on any atom is -0.372 e. The van der Waals surface area contributed by atoms with Crippen LogP contribution in [0.3, 0.4) is 0 Å². The molecule has 0 unspecified atom stereocenters. The molecule has 1 spiro atoms. The van der Waals surface area contributed by atoms with Gasteiger partial charge in [-0.25, -0.2) is 4.98 Å². The third-order valence-corrected chi connectivity index (χ3v) is 5.02. The summed E-state index contributed by atoms with van der Waals surface area (Å²) in [5.74, 6) is 0. The molecule has 0 aromatic carbocycles. The van der Waals surface area contributed by atoms with Crippen LogP contribution in [0.2, 0.25) is 0 Å². The van der Waals surface area contributed by atoms with Gasteiger partial charge in [-0.15, -0.1) is 11.3 Å². The Hall–Kier alpha value is -0.450. The summed E-state index contributed by atoms with van der Waals surface area (Å²) in [5.41, 5.74) is 1.46. The lowest BCUT2D eigenvalue weighted by Gasteiger charge is -2.40. The van der Waals surface area contributed by atoms with Gasteiger partial charge in [0.1, 0.15) is 0 Å². The van der Waals surface area contributed by atoms with E-state index in [4.69, 9.17) is 4.74 Å². The zero-order valence-corrected chi connectivity index (χ0v) is 12.0. The summed E-state index contributed by atoms with van der Waals surface area (Å²) in [6.45, 7) is 6.35. The molecule has 4 heteroatoms. The van der Waals surface area contributed by atoms with Gasteiger partial charge in [0.25, 0.3) is 0 Å². The van der Waals surface area contributed by atoms with Gasteiger partial charge >= 0.3 is 0 Å². The molecule has 2 fully saturated rings. The summed E-state index contributed by atoms with van der Waals surface area (Å²) in [4.78, 5) is 7.12. The van der Waals surface area contributed by atoms with E-state index in [2.05, 4.69) is 22.2 Å². The normalized spacial score (nSPS) is 23.8. The smallest absolute Gasteiger partial charge is 0.0897 e. The van der Waals surface area contributed by atoms with Crippen LogP contribution in [0.4, 0.5) is 0 Å². The predicted molar refractivity (Wildman–Crippen MR) is 74.1 cm³/mol. The molecular formula is C14H22N2OS. The lowest BCUT2D eigenvalue weighted by Crippen LogP contribution is -2.50. The highest BCUT2D eigenvalue weighted by Crippen LogP contribution is 2.35. The van der Waals surface area contributed by atoms with Crippen molar-refractivity contribution in [3.8, 4) is 0 Å². The monoisotopic (exact) mass is 266 g/mol. The summed E-state index contributed by atoms with van der Waals surface area (Å²) in [6, 6.07) is 0. The van der Waals surface area contributed by atoms with Gasteiger partial charge in [0.05, 0.1) is 22.9 Å². The van der Waals surface area contributed by atoms with E-state index in [1.165, 1.54) is 36.4 Å². The first-order valence-electron chi connectivity index (χ1n) is 7.03. The van der Waals surface area contributed by atoms with Gasteiger partial charge in [-0.1, -0.05) is 12.8 Å². The average molecular weight is 266 g/mol. The fourth-order valence-electron chi connectivity index (χ4n) is 3.23. The number of morpholine rings is 1. The minimum absolute atomic E-state index is 0.205. The molecule has 0 radical (unpaired) electrons. The lowest BCUT2D eigenvalue weighted by atomic mass is 9.99. The summed E-state index contributed by atoms with van der Waals surface area (Å²) in [5, 5.41) is 3.38. The quantitative estimate of drug-likeness (QED) is 0.841. The van der Waals surface area contributed by atoms with Gasteiger partial charge in [0, 0.05) is 31.4 Å². The number of nitrogens with zero attached hydrogens (tertiary/aromatic N) is 2.